The fraction of sp³-hybridized carbons (Fsp3) is 1.00. The summed E-state index contributed by atoms with van der Waals surface area (Å²) in [6, 6.07) is 0. The summed E-state index contributed by atoms with van der Waals surface area (Å²) in [6.07, 6.45) is 6.60. The van der Waals surface area contributed by atoms with E-state index in [9.17, 15) is 0 Å². The van der Waals surface area contributed by atoms with E-state index in [0.717, 1.165) is 19.3 Å². The molecule has 1 unspecified atom stereocenters. The van der Waals surface area contributed by atoms with Gasteiger partial charge in [0.15, 0.2) is 0 Å². The van der Waals surface area contributed by atoms with E-state index in [1.165, 1.54) is 19.3 Å². The Kier molecular flexibility index (Phi) is 3.36. The van der Waals surface area contributed by atoms with Crippen LogP contribution in [0.25, 0.3) is 0 Å². The van der Waals surface area contributed by atoms with Gasteiger partial charge in [0.1, 0.15) is 0 Å². The van der Waals surface area contributed by atoms with E-state index in [1.54, 1.807) is 0 Å². The summed E-state index contributed by atoms with van der Waals surface area (Å²) in [5.41, 5.74) is 6.60. The molecule has 78 valence electrons. The Morgan fingerprint density at radius 2 is 1.85 bits per heavy atom. The molecule has 2 heteroatoms. The third kappa shape index (κ3) is 3.28. The quantitative estimate of drug-likeness (QED) is 0.647. The van der Waals surface area contributed by atoms with Gasteiger partial charge in [0, 0.05) is 12.1 Å². The minimum atomic E-state index is -0.0808. The maximum absolute atomic E-state index is 8.93. The lowest BCUT2D eigenvalue weighted by atomic mass is 9.83. The Morgan fingerprint density at radius 1 is 1.15 bits per heavy atom. The number of nitrogens with two attached hydrogens (primary N) is 1. The van der Waals surface area contributed by atoms with Gasteiger partial charge in [-0.25, -0.2) is 0 Å². The zero-order chi connectivity index (χ0) is 9.95. The average molecular weight is 185 g/mol. The molecule has 1 aliphatic rings. The first kappa shape index (κ1) is 11.0. The minimum Gasteiger partial charge on any atom is -0.396 e. The zero-order valence-corrected chi connectivity index (χ0v) is 8.97. The van der Waals surface area contributed by atoms with Crippen molar-refractivity contribution in [2.75, 3.05) is 6.61 Å². The molecule has 13 heavy (non-hydrogen) atoms. The molecule has 2 nitrogen and oxygen atoms in total. The van der Waals surface area contributed by atoms with Crippen LogP contribution in [0.5, 0.6) is 0 Å². The summed E-state index contributed by atoms with van der Waals surface area (Å²) >= 11 is 0. The van der Waals surface area contributed by atoms with Crippen LogP contribution in [0.2, 0.25) is 0 Å². The predicted molar refractivity (Wildman–Crippen MR) is 55.5 cm³/mol. The van der Waals surface area contributed by atoms with Crippen LogP contribution < -0.4 is 5.73 Å². The molecule has 0 aromatic carbocycles. The third-order valence-corrected chi connectivity index (χ3v) is 3.44. The second-order valence-corrected chi connectivity index (χ2v) is 5.35. The van der Waals surface area contributed by atoms with Crippen molar-refractivity contribution < 1.29 is 5.11 Å². The highest BCUT2D eigenvalue weighted by Crippen LogP contribution is 2.38. The SMILES string of the molecule is CC1(C)CCCC(N)(CCO)CC1. The first-order chi connectivity index (χ1) is 5.97. The Labute approximate surface area is 81.5 Å². The van der Waals surface area contributed by atoms with E-state index >= 15 is 0 Å². The van der Waals surface area contributed by atoms with Crippen molar-refractivity contribution in [3.63, 3.8) is 0 Å². The summed E-state index contributed by atoms with van der Waals surface area (Å²) in [5, 5.41) is 8.93. The van der Waals surface area contributed by atoms with Crippen molar-refractivity contribution in [2.24, 2.45) is 11.1 Å². The molecule has 0 heterocycles. The van der Waals surface area contributed by atoms with Crippen LogP contribution in [0.15, 0.2) is 0 Å². The Hall–Kier alpha value is -0.0800. The molecule has 1 rings (SSSR count). The Bertz CT molecular complexity index is 167. The molecule has 1 aliphatic carbocycles. The molecule has 0 bridgehead atoms. The number of aliphatic hydroxyl groups excluding tert-OH is 1. The fourth-order valence-corrected chi connectivity index (χ4v) is 2.23. The van der Waals surface area contributed by atoms with Gasteiger partial charge in [-0.05, 0) is 37.5 Å². The van der Waals surface area contributed by atoms with Crippen molar-refractivity contribution >= 4 is 0 Å². The van der Waals surface area contributed by atoms with Crippen molar-refractivity contribution in [2.45, 2.75) is 57.9 Å². The van der Waals surface area contributed by atoms with Gasteiger partial charge in [-0.3, -0.25) is 0 Å². The van der Waals surface area contributed by atoms with Gasteiger partial charge in [-0.2, -0.15) is 0 Å². The van der Waals surface area contributed by atoms with Gasteiger partial charge in [0.2, 0.25) is 0 Å². The maximum Gasteiger partial charge on any atom is 0.0448 e. The van der Waals surface area contributed by atoms with Crippen LogP contribution >= 0.6 is 0 Å². The molecular weight excluding hydrogens is 162 g/mol. The van der Waals surface area contributed by atoms with Gasteiger partial charge in [-0.15, -0.1) is 0 Å². The van der Waals surface area contributed by atoms with Crippen LogP contribution in [-0.2, 0) is 0 Å². The monoisotopic (exact) mass is 185 g/mol. The molecule has 0 radical (unpaired) electrons. The summed E-state index contributed by atoms with van der Waals surface area (Å²) < 4.78 is 0. The highest BCUT2D eigenvalue weighted by Gasteiger charge is 2.31. The molecule has 0 amide bonds. The van der Waals surface area contributed by atoms with E-state index in [-0.39, 0.29) is 12.1 Å². The standard InChI is InChI=1S/C11H23NO/c1-10(2)4-3-5-11(12,7-6-10)8-9-13/h13H,3-9,12H2,1-2H3. The maximum atomic E-state index is 8.93. The summed E-state index contributed by atoms with van der Waals surface area (Å²) in [4.78, 5) is 0. The molecule has 1 fully saturated rings. The van der Waals surface area contributed by atoms with Crippen LogP contribution in [0.3, 0.4) is 0 Å². The van der Waals surface area contributed by atoms with Crippen molar-refractivity contribution in [3.8, 4) is 0 Å². The second kappa shape index (κ2) is 3.97. The topological polar surface area (TPSA) is 46.2 Å². The normalized spacial score (nSPS) is 34.2. The molecule has 0 spiro atoms. The first-order valence-corrected chi connectivity index (χ1v) is 5.37. The smallest absolute Gasteiger partial charge is 0.0448 e. The van der Waals surface area contributed by atoms with E-state index in [4.69, 9.17) is 10.8 Å². The van der Waals surface area contributed by atoms with Crippen LogP contribution in [0.1, 0.15) is 52.4 Å². The predicted octanol–water partition coefficient (Wildman–Crippen LogP) is 2.06. The summed E-state index contributed by atoms with van der Waals surface area (Å²) in [5.74, 6) is 0. The van der Waals surface area contributed by atoms with E-state index in [0.29, 0.717) is 5.41 Å². The molecule has 0 aromatic rings. The minimum absolute atomic E-state index is 0.0808. The van der Waals surface area contributed by atoms with E-state index in [1.807, 2.05) is 0 Å². The molecule has 1 atom stereocenters. The molecule has 0 saturated heterocycles. The van der Waals surface area contributed by atoms with Crippen molar-refractivity contribution in [1.29, 1.82) is 0 Å². The molecule has 1 saturated carbocycles. The van der Waals surface area contributed by atoms with Crippen LogP contribution in [-0.4, -0.2) is 17.3 Å². The molecule has 0 aliphatic heterocycles. The average Bonchev–Trinajstić information content (AvgIpc) is 2.13. The van der Waals surface area contributed by atoms with Crippen molar-refractivity contribution in [3.05, 3.63) is 0 Å². The summed E-state index contributed by atoms with van der Waals surface area (Å²) in [7, 11) is 0. The molecule has 0 aromatic heterocycles. The van der Waals surface area contributed by atoms with E-state index < -0.39 is 0 Å². The van der Waals surface area contributed by atoms with Crippen LogP contribution in [0, 0.1) is 5.41 Å². The van der Waals surface area contributed by atoms with Gasteiger partial charge in [-0.1, -0.05) is 20.3 Å². The van der Waals surface area contributed by atoms with Crippen LogP contribution in [0.4, 0.5) is 0 Å². The highest BCUT2D eigenvalue weighted by atomic mass is 16.3. The lowest BCUT2D eigenvalue weighted by Crippen LogP contribution is -2.40. The number of hydrogen-bond acceptors (Lipinski definition) is 2. The van der Waals surface area contributed by atoms with Gasteiger partial charge >= 0.3 is 0 Å². The number of hydrogen-bond donors (Lipinski definition) is 2. The van der Waals surface area contributed by atoms with Crippen molar-refractivity contribution in [1.82, 2.24) is 0 Å². The van der Waals surface area contributed by atoms with Gasteiger partial charge in [0.25, 0.3) is 0 Å². The second-order valence-electron chi connectivity index (χ2n) is 5.35. The zero-order valence-electron chi connectivity index (χ0n) is 8.97. The first-order valence-electron chi connectivity index (χ1n) is 5.37. The number of aliphatic hydroxyl groups is 1. The highest BCUT2D eigenvalue weighted by molar-refractivity contribution is 4.89. The largest absolute Gasteiger partial charge is 0.396 e. The Balaban J connectivity index is 2.53. The van der Waals surface area contributed by atoms with Gasteiger partial charge in [0.05, 0.1) is 0 Å². The lowest BCUT2D eigenvalue weighted by Gasteiger charge is -2.28. The fourth-order valence-electron chi connectivity index (χ4n) is 2.23. The third-order valence-electron chi connectivity index (χ3n) is 3.44. The lowest BCUT2D eigenvalue weighted by molar-refractivity contribution is 0.219. The molecular formula is C11H23NO. The molecule has 3 N–H and O–H groups in total. The Morgan fingerprint density at radius 3 is 2.46 bits per heavy atom. The number of rotatable bonds is 2. The van der Waals surface area contributed by atoms with E-state index in [2.05, 4.69) is 13.8 Å². The van der Waals surface area contributed by atoms with Gasteiger partial charge < -0.3 is 10.8 Å². The summed E-state index contributed by atoms with van der Waals surface area (Å²) in [6.45, 7) is 4.87.